The number of anilines is 1. The van der Waals surface area contributed by atoms with Gasteiger partial charge in [-0.3, -0.25) is 4.90 Å². The summed E-state index contributed by atoms with van der Waals surface area (Å²) in [5.74, 6) is 1.21. The van der Waals surface area contributed by atoms with Gasteiger partial charge < -0.3 is 9.64 Å². The SMILES string of the molecule is CCOC(=O)c1ccc(N2CCN(CC3=C(c4ccc(Cl)cc4)[C@@H]4C[C@@H](C3)C4(C)C)CC2)cc1. The van der Waals surface area contributed by atoms with Gasteiger partial charge >= 0.3 is 5.97 Å². The lowest BCUT2D eigenvalue weighted by Crippen LogP contribution is -2.51. The summed E-state index contributed by atoms with van der Waals surface area (Å²) >= 11 is 6.20. The maximum Gasteiger partial charge on any atom is 0.338 e. The summed E-state index contributed by atoms with van der Waals surface area (Å²) in [4.78, 5) is 17.0. The van der Waals surface area contributed by atoms with E-state index in [1.54, 1.807) is 11.1 Å². The Balaban J connectivity index is 1.27. The number of piperazine rings is 1. The smallest absolute Gasteiger partial charge is 0.338 e. The van der Waals surface area contributed by atoms with Crippen LogP contribution in [-0.2, 0) is 4.74 Å². The van der Waals surface area contributed by atoms with Crippen LogP contribution in [0.1, 0.15) is 49.5 Å². The van der Waals surface area contributed by atoms with Crippen LogP contribution in [0, 0.1) is 17.3 Å². The minimum absolute atomic E-state index is 0.252. The van der Waals surface area contributed by atoms with E-state index in [9.17, 15) is 4.79 Å². The number of allylic oxidation sites excluding steroid dienone is 1. The van der Waals surface area contributed by atoms with Gasteiger partial charge in [0.05, 0.1) is 12.2 Å². The zero-order valence-corrected chi connectivity index (χ0v) is 21.3. The van der Waals surface area contributed by atoms with Gasteiger partial charge in [0.25, 0.3) is 0 Å². The number of carbonyl (C=O) groups is 1. The summed E-state index contributed by atoms with van der Waals surface area (Å²) in [5.41, 5.74) is 6.76. The Labute approximate surface area is 208 Å². The third-order valence-electron chi connectivity index (χ3n) is 8.38. The van der Waals surface area contributed by atoms with Gasteiger partial charge in [-0.2, -0.15) is 0 Å². The summed E-state index contributed by atoms with van der Waals surface area (Å²) in [7, 11) is 0. The second kappa shape index (κ2) is 9.39. The van der Waals surface area contributed by atoms with E-state index in [0.717, 1.165) is 43.7 Å². The molecule has 34 heavy (non-hydrogen) atoms. The quantitative estimate of drug-likeness (QED) is 0.465. The topological polar surface area (TPSA) is 32.8 Å². The molecular weight excluding hydrogens is 444 g/mol. The third kappa shape index (κ3) is 4.38. The van der Waals surface area contributed by atoms with E-state index in [-0.39, 0.29) is 5.97 Å². The zero-order chi connectivity index (χ0) is 23.9. The van der Waals surface area contributed by atoms with Crippen LogP contribution in [-0.4, -0.2) is 50.2 Å². The van der Waals surface area contributed by atoms with Gasteiger partial charge in [0.15, 0.2) is 0 Å². The minimum Gasteiger partial charge on any atom is -0.462 e. The summed E-state index contributed by atoms with van der Waals surface area (Å²) in [6, 6.07) is 16.3. The molecule has 2 aromatic carbocycles. The standard InChI is InChI=1S/C29H35ClN2O2/c1-4-34-28(33)21-7-11-25(12-8-21)32-15-13-31(14-16-32)19-22-17-23-18-26(29(23,2)3)27(22)20-5-9-24(30)10-6-20/h5-12,23,26H,4,13-19H2,1-3H3/t23-,26+/m1/s1. The maximum absolute atomic E-state index is 11.9. The first-order chi connectivity index (χ1) is 16.4. The average molecular weight is 479 g/mol. The maximum atomic E-state index is 11.9. The fourth-order valence-electron chi connectivity index (χ4n) is 6.15. The van der Waals surface area contributed by atoms with Crippen molar-refractivity contribution in [2.45, 2.75) is 33.6 Å². The van der Waals surface area contributed by atoms with Gasteiger partial charge in [-0.05, 0) is 84.6 Å². The highest BCUT2D eigenvalue weighted by atomic mass is 35.5. The predicted molar refractivity (Wildman–Crippen MR) is 139 cm³/mol. The molecule has 4 nitrogen and oxygen atoms in total. The molecule has 2 bridgehead atoms. The normalized spacial score (nSPS) is 24.1. The van der Waals surface area contributed by atoms with Crippen molar-refractivity contribution >= 4 is 28.8 Å². The van der Waals surface area contributed by atoms with Crippen LogP contribution in [0.4, 0.5) is 5.69 Å². The number of ether oxygens (including phenoxy) is 1. The van der Waals surface area contributed by atoms with Crippen molar-refractivity contribution in [2.75, 3.05) is 44.2 Å². The molecule has 5 heteroatoms. The molecule has 0 spiro atoms. The van der Waals surface area contributed by atoms with Crippen LogP contribution in [0.5, 0.6) is 0 Å². The zero-order valence-electron chi connectivity index (χ0n) is 20.5. The van der Waals surface area contributed by atoms with E-state index < -0.39 is 0 Å². The second-order valence-electron chi connectivity index (χ2n) is 10.6. The predicted octanol–water partition coefficient (Wildman–Crippen LogP) is 6.16. The highest BCUT2D eigenvalue weighted by Crippen LogP contribution is 2.63. The van der Waals surface area contributed by atoms with E-state index in [4.69, 9.17) is 16.3 Å². The van der Waals surface area contributed by atoms with E-state index in [1.165, 1.54) is 24.1 Å². The lowest BCUT2D eigenvalue weighted by Gasteiger charge is -2.58. The molecule has 1 heterocycles. The van der Waals surface area contributed by atoms with Crippen LogP contribution in [0.15, 0.2) is 54.1 Å². The summed E-state index contributed by atoms with van der Waals surface area (Å²) in [5, 5.41) is 0.805. The fourth-order valence-corrected chi connectivity index (χ4v) is 6.27. The first-order valence-corrected chi connectivity index (χ1v) is 13.0. The number of fused-ring (bicyclic) bond motifs is 1. The monoisotopic (exact) mass is 478 g/mol. The van der Waals surface area contributed by atoms with Gasteiger partial charge in [0.1, 0.15) is 0 Å². The number of carbonyl (C=O) groups excluding carboxylic acids is 1. The van der Waals surface area contributed by atoms with Crippen molar-refractivity contribution < 1.29 is 9.53 Å². The third-order valence-corrected chi connectivity index (χ3v) is 8.63. The van der Waals surface area contributed by atoms with Crippen molar-refractivity contribution in [2.24, 2.45) is 17.3 Å². The Morgan fingerprint density at radius 2 is 1.71 bits per heavy atom. The van der Waals surface area contributed by atoms with Crippen molar-refractivity contribution in [3.05, 3.63) is 70.3 Å². The molecule has 6 rings (SSSR count). The van der Waals surface area contributed by atoms with Crippen LogP contribution < -0.4 is 4.90 Å². The van der Waals surface area contributed by atoms with Crippen molar-refractivity contribution in [1.29, 1.82) is 0 Å². The van der Waals surface area contributed by atoms with Crippen molar-refractivity contribution in [1.82, 2.24) is 4.90 Å². The molecule has 2 aromatic rings. The van der Waals surface area contributed by atoms with Crippen LogP contribution in [0.2, 0.25) is 5.02 Å². The van der Waals surface area contributed by atoms with Crippen LogP contribution in [0.3, 0.4) is 0 Å². The van der Waals surface area contributed by atoms with Crippen LogP contribution >= 0.6 is 11.6 Å². The highest BCUT2D eigenvalue weighted by molar-refractivity contribution is 6.30. The fraction of sp³-hybridized carbons (Fsp3) is 0.483. The van der Waals surface area contributed by atoms with Gasteiger partial charge in [0, 0.05) is 43.4 Å². The Morgan fingerprint density at radius 1 is 1.03 bits per heavy atom. The Morgan fingerprint density at radius 3 is 2.32 bits per heavy atom. The lowest BCUT2D eigenvalue weighted by atomic mass is 9.46. The molecule has 0 unspecified atom stereocenters. The molecule has 1 saturated carbocycles. The first kappa shape index (κ1) is 23.4. The first-order valence-electron chi connectivity index (χ1n) is 12.6. The highest BCUT2D eigenvalue weighted by Gasteiger charge is 2.53. The molecule has 0 amide bonds. The number of hydrogen-bond donors (Lipinski definition) is 0. The Kier molecular flexibility index (Phi) is 6.47. The van der Waals surface area contributed by atoms with Crippen molar-refractivity contribution in [3.8, 4) is 0 Å². The molecule has 1 aliphatic heterocycles. The largest absolute Gasteiger partial charge is 0.462 e. The average Bonchev–Trinajstić information content (AvgIpc) is 2.85. The molecule has 4 aliphatic rings. The number of benzene rings is 2. The molecule has 0 aromatic heterocycles. The molecule has 0 N–H and O–H groups in total. The second-order valence-corrected chi connectivity index (χ2v) is 11.0. The number of hydrogen-bond acceptors (Lipinski definition) is 4. The minimum atomic E-state index is -0.252. The molecule has 180 valence electrons. The Hall–Kier alpha value is -2.30. The van der Waals surface area contributed by atoms with E-state index in [1.807, 2.05) is 43.3 Å². The summed E-state index contributed by atoms with van der Waals surface area (Å²) < 4.78 is 5.10. The van der Waals surface area contributed by atoms with E-state index in [2.05, 4.69) is 35.8 Å². The van der Waals surface area contributed by atoms with Gasteiger partial charge in [-0.15, -0.1) is 0 Å². The molecule has 3 aliphatic carbocycles. The lowest BCUT2D eigenvalue weighted by molar-refractivity contribution is 0.00556. The molecule has 2 atom stereocenters. The van der Waals surface area contributed by atoms with Gasteiger partial charge in [-0.1, -0.05) is 43.2 Å². The molecule has 2 fully saturated rings. The van der Waals surface area contributed by atoms with E-state index >= 15 is 0 Å². The molecular formula is C29H35ClN2O2. The summed E-state index contributed by atoms with van der Waals surface area (Å²) in [6.45, 7) is 12.3. The number of nitrogens with zero attached hydrogens (tertiary/aromatic N) is 2. The number of halogens is 1. The van der Waals surface area contributed by atoms with E-state index in [0.29, 0.717) is 23.5 Å². The van der Waals surface area contributed by atoms with Crippen molar-refractivity contribution in [3.63, 3.8) is 0 Å². The van der Waals surface area contributed by atoms with Gasteiger partial charge in [-0.25, -0.2) is 4.79 Å². The summed E-state index contributed by atoms with van der Waals surface area (Å²) in [6.07, 6.45) is 2.54. The van der Waals surface area contributed by atoms with Gasteiger partial charge in [0.2, 0.25) is 0 Å². The molecule has 0 radical (unpaired) electrons. The number of esters is 1. The van der Waals surface area contributed by atoms with Crippen LogP contribution in [0.25, 0.3) is 5.57 Å². The molecule has 1 saturated heterocycles. The number of rotatable bonds is 6. The Bertz CT molecular complexity index is 1070.